The highest BCUT2D eigenvalue weighted by molar-refractivity contribution is 5.39. The van der Waals surface area contributed by atoms with Gasteiger partial charge in [-0.1, -0.05) is 30.3 Å². The van der Waals surface area contributed by atoms with E-state index in [9.17, 15) is 0 Å². The van der Waals surface area contributed by atoms with Gasteiger partial charge in [0.1, 0.15) is 5.82 Å². The van der Waals surface area contributed by atoms with Crippen LogP contribution in [0, 0.1) is 0 Å². The molecule has 1 fully saturated rings. The minimum atomic E-state index is 0.644. The van der Waals surface area contributed by atoms with Crippen LogP contribution in [0.4, 0.5) is 11.8 Å². The van der Waals surface area contributed by atoms with Crippen molar-refractivity contribution in [2.75, 3.05) is 50.0 Å². The van der Waals surface area contributed by atoms with Gasteiger partial charge in [-0.05, 0) is 11.6 Å². The molecular formula is C17H23N5O. The first-order valence-corrected chi connectivity index (χ1v) is 8.05. The Morgan fingerprint density at radius 1 is 1.04 bits per heavy atom. The average Bonchev–Trinajstić information content (AvgIpc) is 2.62. The Hall–Kier alpha value is -2.18. The molecule has 3 rings (SSSR count). The lowest BCUT2D eigenvalue weighted by Crippen LogP contribution is -2.39. The van der Waals surface area contributed by atoms with Crippen molar-refractivity contribution >= 4 is 11.8 Å². The van der Waals surface area contributed by atoms with Gasteiger partial charge in [0.05, 0.1) is 13.2 Å². The van der Waals surface area contributed by atoms with Gasteiger partial charge in [-0.2, -0.15) is 4.98 Å². The van der Waals surface area contributed by atoms with E-state index in [1.165, 1.54) is 5.56 Å². The Bertz CT molecular complexity index is 587. The molecule has 0 unspecified atom stereocenters. The van der Waals surface area contributed by atoms with Crippen molar-refractivity contribution in [1.82, 2.24) is 14.9 Å². The summed E-state index contributed by atoms with van der Waals surface area (Å²) in [6, 6.07) is 12.1. The number of hydrogen-bond acceptors (Lipinski definition) is 6. The summed E-state index contributed by atoms with van der Waals surface area (Å²) in [5.74, 6) is 1.49. The Labute approximate surface area is 136 Å². The molecule has 0 saturated carbocycles. The standard InChI is InChI=1S/C17H23N5O/c1-2-4-15(5-3-1)14-20-17-19-7-6-16(21-17)18-8-9-22-10-12-23-13-11-22/h1-7H,8-14H2,(H2,18,19,20,21). The van der Waals surface area contributed by atoms with Crippen molar-refractivity contribution in [3.63, 3.8) is 0 Å². The van der Waals surface area contributed by atoms with Crippen molar-refractivity contribution in [2.45, 2.75) is 6.54 Å². The number of anilines is 2. The van der Waals surface area contributed by atoms with Crippen LogP contribution in [0.3, 0.4) is 0 Å². The lowest BCUT2D eigenvalue weighted by molar-refractivity contribution is 0.0398. The molecule has 6 heteroatoms. The molecule has 0 amide bonds. The number of nitrogens with zero attached hydrogens (tertiary/aromatic N) is 3. The fourth-order valence-corrected chi connectivity index (χ4v) is 2.49. The fourth-order valence-electron chi connectivity index (χ4n) is 2.49. The van der Waals surface area contributed by atoms with Crippen LogP contribution < -0.4 is 10.6 Å². The first-order valence-electron chi connectivity index (χ1n) is 8.05. The van der Waals surface area contributed by atoms with Gasteiger partial charge in [-0.25, -0.2) is 4.98 Å². The van der Waals surface area contributed by atoms with Crippen molar-refractivity contribution in [3.8, 4) is 0 Å². The lowest BCUT2D eigenvalue weighted by Gasteiger charge is -2.26. The van der Waals surface area contributed by atoms with Crippen molar-refractivity contribution in [3.05, 3.63) is 48.2 Å². The highest BCUT2D eigenvalue weighted by Crippen LogP contribution is 2.08. The van der Waals surface area contributed by atoms with E-state index in [-0.39, 0.29) is 0 Å². The summed E-state index contributed by atoms with van der Waals surface area (Å²) in [6.07, 6.45) is 1.78. The molecule has 0 aliphatic carbocycles. The molecule has 1 aliphatic rings. The maximum atomic E-state index is 5.35. The molecule has 2 heterocycles. The second-order valence-electron chi connectivity index (χ2n) is 5.49. The van der Waals surface area contributed by atoms with E-state index in [0.29, 0.717) is 5.95 Å². The van der Waals surface area contributed by atoms with Gasteiger partial charge in [0.25, 0.3) is 0 Å². The molecule has 0 spiro atoms. The predicted molar refractivity (Wildman–Crippen MR) is 91.5 cm³/mol. The van der Waals surface area contributed by atoms with Gasteiger partial charge in [0.15, 0.2) is 0 Å². The summed E-state index contributed by atoms with van der Waals surface area (Å²) < 4.78 is 5.35. The topological polar surface area (TPSA) is 62.3 Å². The van der Waals surface area contributed by atoms with Crippen LogP contribution in [0.15, 0.2) is 42.6 Å². The molecule has 1 aromatic heterocycles. The molecular weight excluding hydrogens is 290 g/mol. The second kappa shape index (κ2) is 8.45. The van der Waals surface area contributed by atoms with E-state index in [1.807, 2.05) is 24.3 Å². The molecule has 0 atom stereocenters. The van der Waals surface area contributed by atoms with Gasteiger partial charge in [-0.15, -0.1) is 0 Å². The normalized spacial score (nSPS) is 15.3. The summed E-state index contributed by atoms with van der Waals surface area (Å²) in [4.78, 5) is 11.2. The summed E-state index contributed by atoms with van der Waals surface area (Å²) in [7, 11) is 0. The molecule has 1 aromatic carbocycles. The highest BCUT2D eigenvalue weighted by Gasteiger charge is 2.09. The highest BCUT2D eigenvalue weighted by atomic mass is 16.5. The number of ether oxygens (including phenoxy) is 1. The molecule has 0 radical (unpaired) electrons. The van der Waals surface area contributed by atoms with E-state index >= 15 is 0 Å². The largest absolute Gasteiger partial charge is 0.379 e. The molecule has 122 valence electrons. The Morgan fingerprint density at radius 3 is 2.70 bits per heavy atom. The number of morpholine rings is 1. The number of hydrogen-bond donors (Lipinski definition) is 2. The van der Waals surface area contributed by atoms with E-state index in [2.05, 4.69) is 37.6 Å². The number of benzene rings is 1. The smallest absolute Gasteiger partial charge is 0.224 e. The van der Waals surface area contributed by atoms with Crippen LogP contribution >= 0.6 is 0 Å². The van der Waals surface area contributed by atoms with Crippen LogP contribution in [0.2, 0.25) is 0 Å². The maximum absolute atomic E-state index is 5.35. The molecule has 2 aromatic rings. The second-order valence-corrected chi connectivity index (χ2v) is 5.49. The first-order chi connectivity index (χ1) is 11.4. The number of nitrogens with one attached hydrogen (secondary N) is 2. The molecule has 6 nitrogen and oxygen atoms in total. The zero-order chi connectivity index (χ0) is 15.7. The van der Waals surface area contributed by atoms with Gasteiger partial charge in [0, 0.05) is 38.9 Å². The molecule has 0 bridgehead atoms. The van der Waals surface area contributed by atoms with Crippen molar-refractivity contribution < 1.29 is 4.74 Å². The molecule has 2 N–H and O–H groups in total. The van der Waals surface area contributed by atoms with Crippen LogP contribution in [-0.4, -0.2) is 54.3 Å². The van der Waals surface area contributed by atoms with Crippen LogP contribution in [0.25, 0.3) is 0 Å². The minimum Gasteiger partial charge on any atom is -0.379 e. The van der Waals surface area contributed by atoms with E-state index < -0.39 is 0 Å². The van der Waals surface area contributed by atoms with E-state index in [1.54, 1.807) is 6.20 Å². The average molecular weight is 313 g/mol. The van der Waals surface area contributed by atoms with Gasteiger partial charge < -0.3 is 15.4 Å². The number of aromatic nitrogens is 2. The molecule has 1 saturated heterocycles. The van der Waals surface area contributed by atoms with E-state index in [4.69, 9.17) is 4.74 Å². The van der Waals surface area contributed by atoms with Crippen molar-refractivity contribution in [2.24, 2.45) is 0 Å². The zero-order valence-corrected chi connectivity index (χ0v) is 13.2. The number of rotatable bonds is 7. The third-order valence-corrected chi connectivity index (χ3v) is 3.79. The third kappa shape index (κ3) is 5.19. The minimum absolute atomic E-state index is 0.644. The van der Waals surface area contributed by atoms with Gasteiger partial charge in [-0.3, -0.25) is 4.90 Å². The first kappa shape index (κ1) is 15.7. The lowest BCUT2D eigenvalue weighted by atomic mass is 10.2. The van der Waals surface area contributed by atoms with Crippen LogP contribution in [0.1, 0.15) is 5.56 Å². The zero-order valence-electron chi connectivity index (χ0n) is 13.2. The quantitative estimate of drug-likeness (QED) is 0.813. The monoisotopic (exact) mass is 313 g/mol. The maximum Gasteiger partial charge on any atom is 0.224 e. The predicted octanol–water partition coefficient (Wildman–Crippen LogP) is 1.83. The summed E-state index contributed by atoms with van der Waals surface area (Å²) in [6.45, 7) is 6.28. The van der Waals surface area contributed by atoms with Gasteiger partial charge in [0.2, 0.25) is 5.95 Å². The summed E-state index contributed by atoms with van der Waals surface area (Å²) >= 11 is 0. The Kier molecular flexibility index (Phi) is 5.77. The summed E-state index contributed by atoms with van der Waals surface area (Å²) in [5, 5.41) is 6.61. The Balaban J connectivity index is 1.45. The van der Waals surface area contributed by atoms with E-state index in [0.717, 1.165) is 51.8 Å². The van der Waals surface area contributed by atoms with Crippen LogP contribution in [0.5, 0.6) is 0 Å². The SMILES string of the molecule is c1ccc(CNc2nccc(NCCN3CCOCC3)n2)cc1. The molecule has 23 heavy (non-hydrogen) atoms. The molecule has 1 aliphatic heterocycles. The summed E-state index contributed by atoms with van der Waals surface area (Å²) in [5.41, 5.74) is 1.21. The fraction of sp³-hybridized carbons (Fsp3) is 0.412. The van der Waals surface area contributed by atoms with Crippen molar-refractivity contribution in [1.29, 1.82) is 0 Å². The van der Waals surface area contributed by atoms with Crippen LogP contribution in [-0.2, 0) is 11.3 Å². The Morgan fingerprint density at radius 2 is 1.87 bits per heavy atom. The third-order valence-electron chi connectivity index (χ3n) is 3.79. The van der Waals surface area contributed by atoms with Gasteiger partial charge >= 0.3 is 0 Å².